The average Bonchev–Trinajstić information content (AvgIpc) is 3.77. The number of nitriles is 1. The molecule has 1 aliphatic carbocycles. The molecular formula is C47H29N5. The monoisotopic (exact) mass is 663 g/mol. The number of aromatic nitrogens is 4. The lowest BCUT2D eigenvalue weighted by atomic mass is 9.95. The van der Waals surface area contributed by atoms with Crippen molar-refractivity contribution in [2.45, 2.75) is 6.42 Å². The van der Waals surface area contributed by atoms with Crippen LogP contribution in [0.1, 0.15) is 16.7 Å². The van der Waals surface area contributed by atoms with Crippen molar-refractivity contribution in [3.05, 3.63) is 180 Å². The fraction of sp³-hybridized carbons (Fsp3) is 0.0213. The van der Waals surface area contributed by atoms with Gasteiger partial charge in [-0.25, -0.2) is 15.0 Å². The van der Waals surface area contributed by atoms with Gasteiger partial charge < -0.3 is 4.57 Å². The van der Waals surface area contributed by atoms with Crippen molar-refractivity contribution < 1.29 is 0 Å². The molecule has 0 radical (unpaired) electrons. The van der Waals surface area contributed by atoms with Crippen molar-refractivity contribution in [1.82, 2.24) is 19.5 Å². The summed E-state index contributed by atoms with van der Waals surface area (Å²) in [4.78, 5) is 14.7. The number of benzene rings is 7. The number of hydrogen-bond acceptors (Lipinski definition) is 4. The van der Waals surface area contributed by atoms with Gasteiger partial charge in [0.25, 0.3) is 0 Å². The molecular weight excluding hydrogens is 635 g/mol. The fourth-order valence-electron chi connectivity index (χ4n) is 7.68. The lowest BCUT2D eigenvalue weighted by molar-refractivity contribution is 1.07. The third kappa shape index (κ3) is 4.89. The van der Waals surface area contributed by atoms with E-state index < -0.39 is 0 Å². The second-order valence-electron chi connectivity index (χ2n) is 13.2. The normalized spacial score (nSPS) is 11.8. The van der Waals surface area contributed by atoms with E-state index in [0.717, 1.165) is 39.8 Å². The molecule has 0 atom stereocenters. The van der Waals surface area contributed by atoms with Gasteiger partial charge in [-0.15, -0.1) is 0 Å². The van der Waals surface area contributed by atoms with E-state index >= 15 is 0 Å². The van der Waals surface area contributed by atoms with Crippen LogP contribution < -0.4 is 0 Å². The van der Waals surface area contributed by atoms with E-state index in [0.29, 0.717) is 23.0 Å². The molecule has 5 nitrogen and oxygen atoms in total. The summed E-state index contributed by atoms with van der Waals surface area (Å²) in [7, 11) is 0. The Morgan fingerprint density at radius 2 is 1.08 bits per heavy atom. The molecule has 5 heteroatoms. The van der Waals surface area contributed by atoms with Crippen LogP contribution in [0.4, 0.5) is 0 Å². The highest BCUT2D eigenvalue weighted by atomic mass is 15.0. The number of para-hydroxylation sites is 1. The maximum absolute atomic E-state index is 9.55. The van der Waals surface area contributed by atoms with Crippen LogP contribution in [-0.4, -0.2) is 19.5 Å². The summed E-state index contributed by atoms with van der Waals surface area (Å²) in [6.45, 7) is 0. The average molecular weight is 664 g/mol. The summed E-state index contributed by atoms with van der Waals surface area (Å²) in [6, 6.07) is 59.0. The minimum atomic E-state index is 0.524. The molecule has 7 aromatic carbocycles. The number of hydrogen-bond donors (Lipinski definition) is 0. The molecule has 10 rings (SSSR count). The molecule has 0 unspecified atom stereocenters. The van der Waals surface area contributed by atoms with Gasteiger partial charge in [0.05, 0.1) is 22.7 Å². The summed E-state index contributed by atoms with van der Waals surface area (Å²) in [5.41, 5.74) is 14.4. The van der Waals surface area contributed by atoms with Crippen LogP contribution in [-0.2, 0) is 6.42 Å². The third-order valence-electron chi connectivity index (χ3n) is 10.1. The first-order valence-electron chi connectivity index (χ1n) is 17.4. The highest BCUT2D eigenvalue weighted by Gasteiger charge is 2.22. The number of rotatable bonds is 5. The Bertz CT molecular complexity index is 2880. The van der Waals surface area contributed by atoms with E-state index in [9.17, 15) is 5.26 Å². The third-order valence-corrected chi connectivity index (χ3v) is 10.1. The summed E-state index contributed by atoms with van der Waals surface area (Å²) in [5.74, 6) is 1.68. The molecule has 2 heterocycles. The smallest absolute Gasteiger partial charge is 0.164 e. The maximum Gasteiger partial charge on any atom is 0.164 e. The first kappa shape index (κ1) is 29.7. The van der Waals surface area contributed by atoms with Crippen LogP contribution in [0, 0.1) is 11.3 Å². The summed E-state index contributed by atoms with van der Waals surface area (Å²) in [6.07, 6.45) is 0.943. The van der Waals surface area contributed by atoms with E-state index in [1.54, 1.807) is 6.07 Å². The van der Waals surface area contributed by atoms with Gasteiger partial charge in [0.2, 0.25) is 0 Å². The van der Waals surface area contributed by atoms with Gasteiger partial charge in [0, 0.05) is 33.2 Å². The van der Waals surface area contributed by atoms with E-state index in [4.69, 9.17) is 15.0 Å². The van der Waals surface area contributed by atoms with Gasteiger partial charge in [0.1, 0.15) is 0 Å². The highest BCUT2D eigenvalue weighted by Crippen LogP contribution is 2.43. The Labute approximate surface area is 300 Å². The maximum atomic E-state index is 9.55. The fourth-order valence-corrected chi connectivity index (χ4v) is 7.68. The molecule has 0 bridgehead atoms. The van der Waals surface area contributed by atoms with E-state index in [2.05, 4.69) is 120 Å². The van der Waals surface area contributed by atoms with Crippen LogP contribution in [0.15, 0.2) is 164 Å². The lowest BCUT2D eigenvalue weighted by Gasteiger charge is -2.12. The Kier molecular flexibility index (Phi) is 6.87. The first-order valence-corrected chi connectivity index (χ1v) is 17.4. The van der Waals surface area contributed by atoms with E-state index in [1.165, 1.54) is 44.2 Å². The first-order chi connectivity index (χ1) is 25.7. The van der Waals surface area contributed by atoms with Crippen molar-refractivity contribution >= 4 is 21.8 Å². The molecule has 9 aromatic rings. The van der Waals surface area contributed by atoms with Gasteiger partial charge in [-0.05, 0) is 88.3 Å². The van der Waals surface area contributed by atoms with E-state index in [-0.39, 0.29) is 0 Å². The largest absolute Gasteiger partial charge is 0.309 e. The predicted molar refractivity (Wildman–Crippen MR) is 209 cm³/mol. The van der Waals surface area contributed by atoms with Gasteiger partial charge in [-0.3, -0.25) is 0 Å². The minimum Gasteiger partial charge on any atom is -0.309 e. The van der Waals surface area contributed by atoms with Crippen molar-refractivity contribution in [3.63, 3.8) is 0 Å². The summed E-state index contributed by atoms with van der Waals surface area (Å²) in [5, 5.41) is 12.0. The van der Waals surface area contributed by atoms with Crippen molar-refractivity contribution in [3.8, 4) is 68.2 Å². The van der Waals surface area contributed by atoms with Crippen LogP contribution in [0.5, 0.6) is 0 Å². The second kappa shape index (κ2) is 12.0. The highest BCUT2D eigenvalue weighted by molar-refractivity contribution is 6.10. The molecule has 0 amide bonds. The Hall–Kier alpha value is -7.16. The quantitative estimate of drug-likeness (QED) is 0.184. The van der Waals surface area contributed by atoms with Crippen LogP contribution >= 0.6 is 0 Å². The van der Waals surface area contributed by atoms with Gasteiger partial charge >= 0.3 is 0 Å². The molecule has 0 fully saturated rings. The van der Waals surface area contributed by atoms with Crippen molar-refractivity contribution in [2.24, 2.45) is 0 Å². The zero-order valence-electron chi connectivity index (χ0n) is 28.0. The van der Waals surface area contributed by atoms with Crippen molar-refractivity contribution in [2.75, 3.05) is 0 Å². The Morgan fingerprint density at radius 3 is 1.90 bits per heavy atom. The molecule has 242 valence electrons. The summed E-state index contributed by atoms with van der Waals surface area (Å²) < 4.78 is 2.36. The van der Waals surface area contributed by atoms with Gasteiger partial charge in [-0.2, -0.15) is 5.26 Å². The molecule has 0 spiro atoms. The van der Waals surface area contributed by atoms with Crippen LogP contribution in [0.3, 0.4) is 0 Å². The zero-order chi connectivity index (χ0) is 34.6. The number of nitrogens with zero attached hydrogens (tertiary/aromatic N) is 5. The lowest BCUT2D eigenvalue weighted by Crippen LogP contribution is -2.00. The molecule has 0 N–H and O–H groups in total. The topological polar surface area (TPSA) is 67.4 Å². The van der Waals surface area contributed by atoms with Crippen LogP contribution in [0.25, 0.3) is 83.9 Å². The number of fused-ring (bicyclic) bond motifs is 6. The standard InChI is InChI=1S/C47H29N5/c48-29-30-10-8-14-35(26-30)47-50-45(31-11-2-1-3-12-31)49-46(51-47)32-20-23-36(24-21-32)52-43-19-7-6-16-40(43)41-25-22-34(28-44(41)52)38-17-9-18-39-37-15-5-4-13-33(37)27-42(38)39/h1-26,28H,27H2. The molecule has 0 aliphatic heterocycles. The molecule has 1 aliphatic rings. The Morgan fingerprint density at radius 1 is 0.462 bits per heavy atom. The van der Waals surface area contributed by atoms with E-state index in [1.807, 2.05) is 48.5 Å². The van der Waals surface area contributed by atoms with Crippen molar-refractivity contribution in [1.29, 1.82) is 5.26 Å². The van der Waals surface area contributed by atoms with Crippen LogP contribution in [0.2, 0.25) is 0 Å². The molecule has 0 saturated carbocycles. The molecule has 0 saturated heterocycles. The second-order valence-corrected chi connectivity index (χ2v) is 13.2. The molecule has 2 aromatic heterocycles. The zero-order valence-corrected chi connectivity index (χ0v) is 28.0. The van der Waals surface area contributed by atoms with Gasteiger partial charge in [-0.1, -0.05) is 115 Å². The minimum absolute atomic E-state index is 0.524. The summed E-state index contributed by atoms with van der Waals surface area (Å²) >= 11 is 0. The Balaban J connectivity index is 1.10. The SMILES string of the molecule is N#Cc1cccc(-c2nc(-c3ccccc3)nc(-c3ccc(-n4c5ccccc5c5ccc(-c6cccc7c6Cc6ccccc6-7)cc54)cc3)n2)c1. The van der Waals surface area contributed by atoms with Gasteiger partial charge in [0.15, 0.2) is 17.5 Å². The molecule has 52 heavy (non-hydrogen) atoms. The predicted octanol–water partition coefficient (Wildman–Crippen LogP) is 11.1.